The highest BCUT2D eigenvalue weighted by atomic mass is 16.4. The molecule has 0 aliphatic carbocycles. The Labute approximate surface area is 113 Å². The van der Waals surface area contributed by atoms with Gasteiger partial charge in [0, 0.05) is 20.1 Å². The van der Waals surface area contributed by atoms with E-state index in [9.17, 15) is 19.5 Å². The van der Waals surface area contributed by atoms with Gasteiger partial charge < -0.3 is 14.9 Å². The van der Waals surface area contributed by atoms with Gasteiger partial charge in [0.05, 0.1) is 6.54 Å². The smallest absolute Gasteiger partial charge is 0.316 e. The number of carbonyl (C=O) groups excluding carboxylic acids is 2. The summed E-state index contributed by atoms with van der Waals surface area (Å²) >= 11 is 0. The summed E-state index contributed by atoms with van der Waals surface area (Å²) in [5.74, 6) is -2.88. The van der Waals surface area contributed by atoms with Crippen LogP contribution in [0.3, 0.4) is 0 Å². The molecule has 1 aliphatic rings. The van der Waals surface area contributed by atoms with Crippen LogP contribution in [0.25, 0.3) is 0 Å². The zero-order chi connectivity index (χ0) is 14.8. The predicted octanol–water partition coefficient (Wildman–Crippen LogP) is 0.424. The summed E-state index contributed by atoms with van der Waals surface area (Å²) in [6, 6.07) is 0. The number of hydrogen-bond acceptors (Lipinski definition) is 3. The van der Waals surface area contributed by atoms with Crippen LogP contribution < -0.4 is 0 Å². The molecule has 6 nitrogen and oxygen atoms in total. The van der Waals surface area contributed by atoms with Gasteiger partial charge in [0.2, 0.25) is 11.8 Å². The van der Waals surface area contributed by atoms with Gasteiger partial charge in [0.15, 0.2) is 0 Å². The molecule has 2 amide bonds. The van der Waals surface area contributed by atoms with Crippen molar-refractivity contribution in [2.75, 3.05) is 26.7 Å². The summed E-state index contributed by atoms with van der Waals surface area (Å²) in [5.41, 5.74) is -0.676. The second-order valence-corrected chi connectivity index (χ2v) is 6.07. The van der Waals surface area contributed by atoms with Crippen molar-refractivity contribution in [3.05, 3.63) is 0 Å². The van der Waals surface area contributed by atoms with Crippen molar-refractivity contribution < 1.29 is 19.5 Å². The first-order chi connectivity index (χ1) is 8.64. The van der Waals surface area contributed by atoms with E-state index in [0.717, 1.165) is 0 Å². The summed E-state index contributed by atoms with van der Waals surface area (Å²) in [4.78, 5) is 38.4. The van der Waals surface area contributed by atoms with E-state index in [0.29, 0.717) is 19.5 Å². The van der Waals surface area contributed by atoms with Crippen molar-refractivity contribution in [1.29, 1.82) is 0 Å². The van der Waals surface area contributed by atoms with Gasteiger partial charge in [-0.1, -0.05) is 20.8 Å². The zero-order valence-corrected chi connectivity index (χ0v) is 12.0. The fourth-order valence-corrected chi connectivity index (χ4v) is 2.20. The molecule has 6 heteroatoms. The minimum absolute atomic E-state index is 0.0325. The van der Waals surface area contributed by atoms with E-state index in [1.54, 1.807) is 32.7 Å². The molecule has 0 radical (unpaired) electrons. The first kappa shape index (κ1) is 15.5. The number of hydrogen-bond donors (Lipinski definition) is 1. The molecular weight excluding hydrogens is 248 g/mol. The number of carbonyl (C=O) groups is 3. The molecule has 0 bridgehead atoms. The zero-order valence-electron chi connectivity index (χ0n) is 12.0. The van der Waals surface area contributed by atoms with Crippen molar-refractivity contribution >= 4 is 17.8 Å². The first-order valence-electron chi connectivity index (χ1n) is 6.40. The summed E-state index contributed by atoms with van der Waals surface area (Å²) in [6.07, 6.45) is 0.671. The lowest BCUT2D eigenvalue weighted by Gasteiger charge is -2.30. The number of carboxylic acid groups (broad SMARTS) is 1. The monoisotopic (exact) mass is 270 g/mol. The van der Waals surface area contributed by atoms with Crippen LogP contribution in [-0.4, -0.2) is 59.4 Å². The lowest BCUT2D eigenvalue weighted by Crippen LogP contribution is -2.47. The van der Waals surface area contributed by atoms with Crippen molar-refractivity contribution in [3.63, 3.8) is 0 Å². The van der Waals surface area contributed by atoms with Gasteiger partial charge in [-0.2, -0.15) is 0 Å². The average Bonchev–Trinajstić information content (AvgIpc) is 2.39. The van der Waals surface area contributed by atoms with Gasteiger partial charge in [-0.25, -0.2) is 0 Å². The Morgan fingerprint density at radius 2 is 1.84 bits per heavy atom. The van der Waals surface area contributed by atoms with Crippen LogP contribution in [0, 0.1) is 11.3 Å². The summed E-state index contributed by atoms with van der Waals surface area (Å²) in [5, 5.41) is 9.26. The van der Waals surface area contributed by atoms with Crippen LogP contribution >= 0.6 is 0 Å². The Hall–Kier alpha value is -1.59. The van der Waals surface area contributed by atoms with Crippen molar-refractivity contribution in [1.82, 2.24) is 9.80 Å². The maximum atomic E-state index is 12.4. The summed E-state index contributed by atoms with van der Waals surface area (Å²) in [6.45, 7) is 6.14. The SMILES string of the molecule is CN1CCCN(C(=O)C(C(=O)O)C(C)(C)C)CC1=O. The number of rotatable bonds is 2. The summed E-state index contributed by atoms with van der Waals surface area (Å²) < 4.78 is 0. The Bertz CT molecular complexity index is 387. The van der Waals surface area contributed by atoms with Crippen LogP contribution in [0.4, 0.5) is 0 Å². The van der Waals surface area contributed by atoms with Crippen LogP contribution in [0.15, 0.2) is 0 Å². The van der Waals surface area contributed by atoms with E-state index < -0.39 is 23.2 Å². The van der Waals surface area contributed by atoms with Gasteiger partial charge >= 0.3 is 5.97 Å². The third-order valence-corrected chi connectivity index (χ3v) is 3.35. The Balaban J connectivity index is 2.91. The van der Waals surface area contributed by atoms with E-state index >= 15 is 0 Å². The van der Waals surface area contributed by atoms with Gasteiger partial charge in [-0.05, 0) is 11.8 Å². The van der Waals surface area contributed by atoms with E-state index in [1.807, 2.05) is 0 Å². The topological polar surface area (TPSA) is 77.9 Å². The maximum Gasteiger partial charge on any atom is 0.316 e. The molecule has 1 atom stereocenters. The predicted molar refractivity (Wildman–Crippen MR) is 69.4 cm³/mol. The fraction of sp³-hybridized carbons (Fsp3) is 0.769. The first-order valence-corrected chi connectivity index (χ1v) is 6.40. The Kier molecular flexibility index (Phi) is 4.55. The highest BCUT2D eigenvalue weighted by Gasteiger charge is 2.41. The van der Waals surface area contributed by atoms with Crippen molar-refractivity contribution in [3.8, 4) is 0 Å². The van der Waals surface area contributed by atoms with Gasteiger partial charge in [-0.15, -0.1) is 0 Å². The van der Waals surface area contributed by atoms with Crippen molar-refractivity contribution in [2.45, 2.75) is 27.2 Å². The van der Waals surface area contributed by atoms with E-state index in [-0.39, 0.29) is 12.5 Å². The Morgan fingerprint density at radius 1 is 1.26 bits per heavy atom. The third kappa shape index (κ3) is 3.68. The molecular formula is C13H22N2O4. The number of amides is 2. The normalized spacial score (nSPS) is 19.1. The fourth-order valence-electron chi connectivity index (χ4n) is 2.20. The lowest BCUT2D eigenvalue weighted by atomic mass is 9.80. The third-order valence-electron chi connectivity index (χ3n) is 3.35. The minimum atomic E-state index is -1.14. The standard InChI is InChI=1S/C13H22N2O4/c1-13(2,3)10(12(18)19)11(17)15-7-5-6-14(4)9(16)8-15/h10H,5-8H2,1-4H3,(H,18,19). The molecule has 1 N–H and O–H groups in total. The molecule has 1 aliphatic heterocycles. The molecule has 1 rings (SSSR count). The van der Waals surface area contributed by atoms with Gasteiger partial charge in [0.1, 0.15) is 5.92 Å². The van der Waals surface area contributed by atoms with Crippen LogP contribution in [0.1, 0.15) is 27.2 Å². The minimum Gasteiger partial charge on any atom is -0.481 e. The average molecular weight is 270 g/mol. The molecule has 108 valence electrons. The lowest BCUT2D eigenvalue weighted by molar-refractivity contribution is -0.157. The molecule has 0 saturated carbocycles. The Morgan fingerprint density at radius 3 is 2.32 bits per heavy atom. The second kappa shape index (κ2) is 5.59. The van der Waals surface area contributed by atoms with Crippen LogP contribution in [0.5, 0.6) is 0 Å². The number of likely N-dealkylation sites (N-methyl/N-ethyl adjacent to an activating group) is 1. The number of nitrogens with zero attached hydrogens (tertiary/aromatic N) is 2. The quantitative estimate of drug-likeness (QED) is 0.738. The number of carboxylic acids is 1. The molecule has 19 heavy (non-hydrogen) atoms. The van der Waals surface area contributed by atoms with Crippen LogP contribution in [-0.2, 0) is 14.4 Å². The largest absolute Gasteiger partial charge is 0.481 e. The maximum absolute atomic E-state index is 12.4. The highest BCUT2D eigenvalue weighted by molar-refractivity contribution is 5.99. The van der Waals surface area contributed by atoms with Gasteiger partial charge in [0.25, 0.3) is 0 Å². The molecule has 0 spiro atoms. The number of aliphatic carboxylic acids is 1. The molecule has 1 heterocycles. The molecule has 0 aromatic rings. The van der Waals surface area contributed by atoms with Crippen molar-refractivity contribution in [2.24, 2.45) is 11.3 Å². The second-order valence-electron chi connectivity index (χ2n) is 6.07. The molecule has 0 aromatic carbocycles. The highest BCUT2D eigenvalue weighted by Crippen LogP contribution is 2.28. The van der Waals surface area contributed by atoms with E-state index in [2.05, 4.69) is 0 Å². The molecule has 1 fully saturated rings. The molecule has 0 aromatic heterocycles. The summed E-state index contributed by atoms with van der Waals surface area (Å²) in [7, 11) is 1.69. The molecule has 1 saturated heterocycles. The van der Waals surface area contributed by atoms with Gasteiger partial charge in [-0.3, -0.25) is 14.4 Å². The van der Waals surface area contributed by atoms with E-state index in [4.69, 9.17) is 0 Å². The van der Waals surface area contributed by atoms with Crippen LogP contribution in [0.2, 0.25) is 0 Å². The molecule has 1 unspecified atom stereocenters. The van der Waals surface area contributed by atoms with E-state index in [1.165, 1.54) is 4.90 Å².